The number of nitro benzene ring substituents is 1. The average Bonchev–Trinajstić information content (AvgIpc) is 2.16. The lowest BCUT2D eigenvalue weighted by molar-refractivity contribution is -0.384. The molecule has 0 aliphatic heterocycles. The number of nitro groups is 1. The van der Waals surface area contributed by atoms with Crippen LogP contribution in [0.1, 0.15) is 0 Å². The van der Waals surface area contributed by atoms with E-state index in [-0.39, 0.29) is 11.4 Å². The number of ether oxygens (including phenoxy) is 1. The Bertz CT molecular complexity index is 354. The van der Waals surface area contributed by atoms with Crippen LogP contribution in [0.4, 0.5) is 11.4 Å². The summed E-state index contributed by atoms with van der Waals surface area (Å²) in [5.74, 6) is 0.411. The molecular formula is C7H6N2O3S. The maximum Gasteiger partial charge on any atom is 0.299 e. The highest BCUT2D eigenvalue weighted by atomic mass is 32.1. The van der Waals surface area contributed by atoms with Gasteiger partial charge in [-0.3, -0.25) is 10.1 Å². The van der Waals surface area contributed by atoms with Crippen LogP contribution in [0.3, 0.4) is 0 Å². The van der Waals surface area contributed by atoms with E-state index in [0.29, 0.717) is 5.75 Å². The van der Waals surface area contributed by atoms with Crippen LogP contribution in [0, 0.1) is 10.1 Å². The van der Waals surface area contributed by atoms with Gasteiger partial charge in [-0.25, -0.2) is 0 Å². The van der Waals surface area contributed by atoms with Crippen molar-refractivity contribution in [3.8, 4) is 5.75 Å². The minimum Gasteiger partial charge on any atom is -0.496 e. The quantitative estimate of drug-likeness (QED) is 0.550. The van der Waals surface area contributed by atoms with Crippen LogP contribution in [0.5, 0.6) is 5.75 Å². The van der Waals surface area contributed by atoms with Crippen molar-refractivity contribution in [3.05, 3.63) is 28.3 Å². The van der Waals surface area contributed by atoms with Crippen LogP contribution >= 0.6 is 0 Å². The lowest BCUT2D eigenvalue weighted by Crippen LogP contribution is -1.90. The second-order valence-corrected chi connectivity index (χ2v) is 2.39. The van der Waals surface area contributed by atoms with E-state index in [9.17, 15) is 10.1 Å². The van der Waals surface area contributed by atoms with Gasteiger partial charge in [-0.15, -0.1) is 0 Å². The molecule has 6 heteroatoms. The van der Waals surface area contributed by atoms with Gasteiger partial charge in [0, 0.05) is 12.4 Å². The molecule has 1 rings (SSSR count). The highest BCUT2D eigenvalue weighted by Crippen LogP contribution is 2.30. The summed E-state index contributed by atoms with van der Waals surface area (Å²) in [6.07, 6.45) is 0. The Labute approximate surface area is 79.7 Å². The molecule has 0 amide bonds. The molecule has 0 atom stereocenters. The van der Waals surface area contributed by atoms with Crippen LogP contribution in [-0.2, 0) is 12.4 Å². The molecule has 0 fully saturated rings. The third kappa shape index (κ3) is 1.97. The third-order valence-electron chi connectivity index (χ3n) is 1.48. The van der Waals surface area contributed by atoms with Gasteiger partial charge < -0.3 is 4.74 Å². The van der Waals surface area contributed by atoms with Gasteiger partial charge in [0.1, 0.15) is 5.75 Å². The number of methoxy groups -OCH3 is 1. The molecule has 0 aromatic heterocycles. The fourth-order valence-corrected chi connectivity index (χ4v) is 1.01. The van der Waals surface area contributed by atoms with Gasteiger partial charge >= 0.3 is 0 Å². The standard InChI is InChI=1S/C7H6N2O3S/c1-12-5-2-3-6(8-13)7(4-5)9(10)11/h2-4H,1H3. The molecule has 0 spiro atoms. The molecule has 0 radical (unpaired) electrons. The van der Waals surface area contributed by atoms with Gasteiger partial charge in [0.05, 0.1) is 18.1 Å². The first-order chi connectivity index (χ1) is 6.19. The van der Waals surface area contributed by atoms with E-state index in [4.69, 9.17) is 4.74 Å². The lowest BCUT2D eigenvalue weighted by atomic mass is 10.2. The molecule has 0 saturated heterocycles. The normalized spacial score (nSPS) is 9.31. The molecular weight excluding hydrogens is 192 g/mol. The molecule has 0 N–H and O–H groups in total. The number of hydrogen-bond donors (Lipinski definition) is 0. The molecule has 0 unspecified atom stereocenters. The second kappa shape index (κ2) is 3.90. The Balaban J connectivity index is 3.25. The van der Waals surface area contributed by atoms with Crippen molar-refractivity contribution in [2.24, 2.45) is 4.36 Å². The maximum atomic E-state index is 10.5. The van der Waals surface area contributed by atoms with E-state index in [1.165, 1.54) is 19.2 Å². The van der Waals surface area contributed by atoms with Gasteiger partial charge in [-0.1, -0.05) is 0 Å². The van der Waals surface area contributed by atoms with Crippen molar-refractivity contribution in [2.75, 3.05) is 7.11 Å². The van der Waals surface area contributed by atoms with Gasteiger partial charge in [-0.05, 0) is 12.1 Å². The number of hydrogen-bond acceptors (Lipinski definition) is 5. The third-order valence-corrected chi connectivity index (χ3v) is 1.67. The molecule has 0 heterocycles. The van der Waals surface area contributed by atoms with E-state index >= 15 is 0 Å². The molecule has 0 bridgehead atoms. The predicted octanol–water partition coefficient (Wildman–Crippen LogP) is 1.97. The summed E-state index contributed by atoms with van der Waals surface area (Å²) in [6, 6.07) is 4.30. The van der Waals surface area contributed by atoms with Gasteiger partial charge in [-0.2, -0.15) is 4.36 Å². The zero-order valence-electron chi connectivity index (χ0n) is 6.76. The zero-order chi connectivity index (χ0) is 9.84. The Hall–Kier alpha value is -1.56. The molecule has 1 aromatic carbocycles. The highest BCUT2D eigenvalue weighted by Gasteiger charge is 2.13. The SMILES string of the molecule is COc1ccc(N=S)c([N+](=O)[O-])c1. The van der Waals surface area contributed by atoms with Crippen molar-refractivity contribution in [1.29, 1.82) is 0 Å². The Morgan fingerprint density at radius 1 is 1.62 bits per heavy atom. The van der Waals surface area contributed by atoms with Crippen LogP contribution in [0.25, 0.3) is 0 Å². The van der Waals surface area contributed by atoms with Gasteiger partial charge in [0.25, 0.3) is 5.69 Å². The smallest absolute Gasteiger partial charge is 0.299 e. The largest absolute Gasteiger partial charge is 0.496 e. The Kier molecular flexibility index (Phi) is 2.86. The summed E-state index contributed by atoms with van der Waals surface area (Å²) in [5.41, 5.74) is 0.0233. The molecule has 13 heavy (non-hydrogen) atoms. The molecule has 0 aliphatic carbocycles. The predicted molar refractivity (Wildman–Crippen MR) is 49.1 cm³/mol. The van der Waals surface area contributed by atoms with E-state index in [1.807, 2.05) is 0 Å². The zero-order valence-corrected chi connectivity index (χ0v) is 7.58. The van der Waals surface area contributed by atoms with E-state index in [1.54, 1.807) is 6.07 Å². The van der Waals surface area contributed by atoms with Crippen LogP contribution in [-0.4, -0.2) is 12.0 Å². The van der Waals surface area contributed by atoms with Crippen molar-refractivity contribution in [2.45, 2.75) is 0 Å². The maximum absolute atomic E-state index is 10.5. The first kappa shape index (κ1) is 9.53. The summed E-state index contributed by atoms with van der Waals surface area (Å²) in [5, 5.41) is 10.5. The summed E-state index contributed by atoms with van der Waals surface area (Å²) in [4.78, 5) is 9.94. The first-order valence-electron chi connectivity index (χ1n) is 3.35. The highest BCUT2D eigenvalue weighted by molar-refractivity contribution is 7.47. The molecule has 0 saturated carbocycles. The number of nitrogens with zero attached hydrogens (tertiary/aromatic N) is 2. The monoisotopic (exact) mass is 198 g/mol. The Morgan fingerprint density at radius 2 is 2.31 bits per heavy atom. The summed E-state index contributed by atoms with van der Waals surface area (Å²) in [7, 11) is 1.43. The molecule has 0 aliphatic rings. The van der Waals surface area contributed by atoms with Gasteiger partial charge in [0.2, 0.25) is 0 Å². The topological polar surface area (TPSA) is 64.7 Å². The first-order valence-corrected chi connectivity index (χ1v) is 3.71. The summed E-state index contributed by atoms with van der Waals surface area (Å²) < 4.78 is 8.18. The Morgan fingerprint density at radius 3 is 2.77 bits per heavy atom. The van der Waals surface area contributed by atoms with Crippen LogP contribution in [0.2, 0.25) is 0 Å². The fourth-order valence-electron chi connectivity index (χ4n) is 0.854. The number of benzene rings is 1. The van der Waals surface area contributed by atoms with Crippen LogP contribution in [0.15, 0.2) is 22.6 Å². The van der Waals surface area contributed by atoms with E-state index in [0.717, 1.165) is 0 Å². The number of rotatable bonds is 3. The summed E-state index contributed by atoms with van der Waals surface area (Å²) >= 11 is 4.38. The molecule has 68 valence electrons. The molecule has 1 aromatic rings. The minimum atomic E-state index is -0.548. The summed E-state index contributed by atoms with van der Waals surface area (Å²) in [6.45, 7) is 0. The van der Waals surface area contributed by atoms with Crippen molar-refractivity contribution >= 4 is 23.8 Å². The van der Waals surface area contributed by atoms with E-state index < -0.39 is 4.92 Å². The van der Waals surface area contributed by atoms with Gasteiger partial charge in [0.15, 0.2) is 5.69 Å². The van der Waals surface area contributed by atoms with Crippen molar-refractivity contribution in [1.82, 2.24) is 0 Å². The van der Waals surface area contributed by atoms with Crippen molar-refractivity contribution in [3.63, 3.8) is 0 Å². The average molecular weight is 198 g/mol. The second-order valence-electron chi connectivity index (χ2n) is 2.20. The van der Waals surface area contributed by atoms with Crippen molar-refractivity contribution < 1.29 is 9.66 Å². The van der Waals surface area contributed by atoms with Crippen LogP contribution < -0.4 is 4.74 Å². The molecule has 5 nitrogen and oxygen atoms in total. The lowest BCUT2D eigenvalue weighted by Gasteiger charge is -1.99. The fraction of sp³-hybridized carbons (Fsp3) is 0.143. The van der Waals surface area contributed by atoms with E-state index in [2.05, 4.69) is 16.8 Å². The minimum absolute atomic E-state index is 0.144.